The quantitative estimate of drug-likeness (QED) is 0.146. The lowest BCUT2D eigenvalue weighted by atomic mass is 10.0. The molecule has 1 N–H and O–H groups in total. The molecular weight excluding hydrogens is 664 g/mol. The van der Waals surface area contributed by atoms with Gasteiger partial charge >= 0.3 is 0 Å². The van der Waals surface area contributed by atoms with Crippen LogP contribution < -0.4 is 14.4 Å². The Morgan fingerprint density at radius 2 is 1.51 bits per heavy atom. The van der Waals surface area contributed by atoms with Crippen LogP contribution in [0.5, 0.6) is 5.75 Å². The Bertz CT molecular complexity index is 1740. The zero-order chi connectivity index (χ0) is 34.0. The topological polar surface area (TPSA) is 96.0 Å². The molecule has 2 amide bonds. The molecule has 12 heteroatoms. The van der Waals surface area contributed by atoms with E-state index in [1.165, 1.54) is 17.0 Å². The summed E-state index contributed by atoms with van der Waals surface area (Å²) in [4.78, 5) is 29.4. The first-order valence-corrected chi connectivity index (χ1v) is 17.3. The molecule has 0 aliphatic rings. The normalized spacial score (nSPS) is 11.9. The van der Waals surface area contributed by atoms with Crippen LogP contribution in [0.25, 0.3) is 0 Å². The van der Waals surface area contributed by atoms with Crippen LogP contribution >= 0.6 is 23.2 Å². The smallest absolute Gasteiger partial charge is 0.264 e. The molecule has 0 radical (unpaired) electrons. The van der Waals surface area contributed by atoms with Gasteiger partial charge in [-0.2, -0.15) is 0 Å². The fourth-order valence-corrected chi connectivity index (χ4v) is 6.84. The average molecular weight is 701 g/mol. The molecule has 47 heavy (non-hydrogen) atoms. The van der Waals surface area contributed by atoms with Crippen LogP contribution in [0.15, 0.2) is 102 Å². The number of hydrogen-bond donors (Lipinski definition) is 1. The van der Waals surface area contributed by atoms with Gasteiger partial charge < -0.3 is 15.0 Å². The molecular formula is C35H36Cl2FN3O5S. The lowest BCUT2D eigenvalue weighted by Gasteiger charge is -2.34. The number of ether oxygens (including phenoxy) is 1. The van der Waals surface area contributed by atoms with Crippen molar-refractivity contribution in [3.63, 3.8) is 0 Å². The molecule has 0 saturated carbocycles. The van der Waals surface area contributed by atoms with Crippen molar-refractivity contribution in [1.82, 2.24) is 10.2 Å². The predicted octanol–water partition coefficient (Wildman–Crippen LogP) is 6.89. The standard InChI is InChI=1S/C35H36Cl2FN3O5S/c1-3-21-39-35(43)33(22-25-9-6-5-7-10-25)40(23-30-31(36)11-8-12-32(30)37)34(42)24-41(27-15-17-28(18-16-27)46-4-2)47(44,45)29-19-13-26(38)14-20-29/h5-20,33H,3-4,21-24H2,1-2H3,(H,39,43). The van der Waals surface area contributed by atoms with Gasteiger partial charge in [0.1, 0.15) is 24.2 Å². The molecule has 4 aromatic rings. The van der Waals surface area contributed by atoms with Crippen molar-refractivity contribution in [2.75, 3.05) is 24.0 Å². The Balaban J connectivity index is 1.83. The van der Waals surface area contributed by atoms with Crippen LogP contribution in [0.2, 0.25) is 10.0 Å². The summed E-state index contributed by atoms with van der Waals surface area (Å²) in [7, 11) is -4.41. The maximum Gasteiger partial charge on any atom is 0.264 e. The zero-order valence-corrected chi connectivity index (χ0v) is 28.4. The summed E-state index contributed by atoms with van der Waals surface area (Å²) >= 11 is 13.1. The van der Waals surface area contributed by atoms with E-state index < -0.39 is 40.2 Å². The molecule has 1 atom stereocenters. The molecule has 0 spiro atoms. The number of amides is 2. The first-order valence-electron chi connectivity index (χ1n) is 15.1. The number of nitrogens with zero attached hydrogens (tertiary/aromatic N) is 2. The fourth-order valence-electron chi connectivity index (χ4n) is 4.91. The Hall–Kier alpha value is -4.12. The molecule has 0 aromatic heterocycles. The molecule has 4 aromatic carbocycles. The summed E-state index contributed by atoms with van der Waals surface area (Å²) in [6, 6.07) is 23.6. The van der Waals surface area contributed by atoms with E-state index in [1.54, 1.807) is 30.3 Å². The van der Waals surface area contributed by atoms with Crippen LogP contribution in [-0.2, 0) is 32.6 Å². The zero-order valence-electron chi connectivity index (χ0n) is 26.0. The summed E-state index contributed by atoms with van der Waals surface area (Å²) < 4.78 is 48.4. The van der Waals surface area contributed by atoms with Gasteiger partial charge in [0, 0.05) is 35.1 Å². The fraction of sp³-hybridized carbons (Fsp3) is 0.257. The van der Waals surface area contributed by atoms with E-state index in [0.29, 0.717) is 30.9 Å². The number of halogens is 3. The molecule has 0 fully saturated rings. The van der Waals surface area contributed by atoms with E-state index in [0.717, 1.165) is 34.1 Å². The minimum Gasteiger partial charge on any atom is -0.494 e. The second-order valence-corrected chi connectivity index (χ2v) is 13.3. The van der Waals surface area contributed by atoms with Crippen molar-refractivity contribution in [2.45, 2.75) is 44.2 Å². The lowest BCUT2D eigenvalue weighted by Crippen LogP contribution is -2.53. The van der Waals surface area contributed by atoms with Crippen LogP contribution in [0.3, 0.4) is 0 Å². The Morgan fingerprint density at radius 1 is 0.872 bits per heavy atom. The number of hydrogen-bond acceptors (Lipinski definition) is 5. The van der Waals surface area contributed by atoms with Crippen LogP contribution in [0.1, 0.15) is 31.4 Å². The van der Waals surface area contributed by atoms with E-state index in [9.17, 15) is 22.4 Å². The number of carbonyl (C=O) groups is 2. The van der Waals surface area contributed by atoms with Crippen LogP contribution in [-0.4, -0.2) is 50.9 Å². The van der Waals surface area contributed by atoms with E-state index in [2.05, 4.69) is 5.32 Å². The van der Waals surface area contributed by atoms with Crippen molar-refractivity contribution in [1.29, 1.82) is 0 Å². The molecule has 0 bridgehead atoms. The van der Waals surface area contributed by atoms with Gasteiger partial charge in [-0.25, -0.2) is 12.8 Å². The monoisotopic (exact) mass is 699 g/mol. The van der Waals surface area contributed by atoms with Gasteiger partial charge in [-0.05, 0) is 79.6 Å². The summed E-state index contributed by atoms with van der Waals surface area (Å²) in [6.07, 6.45) is 0.799. The van der Waals surface area contributed by atoms with E-state index in [4.69, 9.17) is 27.9 Å². The third-order valence-corrected chi connectivity index (χ3v) is 9.82. The molecule has 0 aliphatic carbocycles. The molecule has 4 rings (SSSR count). The van der Waals surface area contributed by atoms with Crippen molar-refractivity contribution in [3.05, 3.63) is 124 Å². The van der Waals surface area contributed by atoms with Crippen molar-refractivity contribution in [2.24, 2.45) is 0 Å². The summed E-state index contributed by atoms with van der Waals surface area (Å²) in [5.41, 5.74) is 1.35. The third kappa shape index (κ3) is 9.24. The highest BCUT2D eigenvalue weighted by atomic mass is 35.5. The number of anilines is 1. The molecule has 0 heterocycles. The Labute approximate surface area is 285 Å². The van der Waals surface area contributed by atoms with Crippen molar-refractivity contribution < 1.29 is 27.1 Å². The number of sulfonamides is 1. The number of rotatable bonds is 15. The molecule has 0 saturated heterocycles. The average Bonchev–Trinajstić information content (AvgIpc) is 3.06. The highest BCUT2D eigenvalue weighted by molar-refractivity contribution is 7.92. The van der Waals surface area contributed by atoms with Crippen molar-refractivity contribution >= 4 is 50.7 Å². The van der Waals surface area contributed by atoms with E-state index >= 15 is 0 Å². The first kappa shape index (κ1) is 35.7. The summed E-state index contributed by atoms with van der Waals surface area (Å²) in [5.74, 6) is -1.21. The molecule has 0 aliphatic heterocycles. The number of nitrogens with one attached hydrogen (secondary N) is 1. The van der Waals surface area contributed by atoms with Gasteiger partial charge in [0.05, 0.1) is 17.2 Å². The highest BCUT2D eigenvalue weighted by Gasteiger charge is 2.35. The van der Waals surface area contributed by atoms with Gasteiger partial charge in [-0.3, -0.25) is 13.9 Å². The molecule has 8 nitrogen and oxygen atoms in total. The van der Waals surface area contributed by atoms with Gasteiger partial charge in [-0.1, -0.05) is 66.5 Å². The number of benzene rings is 4. The summed E-state index contributed by atoms with van der Waals surface area (Å²) in [5, 5.41) is 3.45. The minimum absolute atomic E-state index is 0.137. The van der Waals surface area contributed by atoms with Crippen molar-refractivity contribution in [3.8, 4) is 5.75 Å². The van der Waals surface area contributed by atoms with Crippen LogP contribution in [0.4, 0.5) is 10.1 Å². The second-order valence-electron chi connectivity index (χ2n) is 10.6. The van der Waals surface area contributed by atoms with Gasteiger partial charge in [0.2, 0.25) is 11.8 Å². The maximum atomic E-state index is 14.5. The van der Waals surface area contributed by atoms with Crippen LogP contribution in [0, 0.1) is 5.82 Å². The van der Waals surface area contributed by atoms with E-state index in [-0.39, 0.29) is 33.6 Å². The third-order valence-electron chi connectivity index (χ3n) is 7.33. The Kier molecular flexibility index (Phi) is 12.6. The second kappa shape index (κ2) is 16.6. The highest BCUT2D eigenvalue weighted by Crippen LogP contribution is 2.30. The van der Waals surface area contributed by atoms with Gasteiger partial charge in [0.25, 0.3) is 10.0 Å². The lowest BCUT2D eigenvalue weighted by molar-refractivity contribution is -0.140. The van der Waals surface area contributed by atoms with Gasteiger partial charge in [0.15, 0.2) is 0 Å². The SMILES string of the molecule is CCCNC(=O)C(Cc1ccccc1)N(Cc1c(Cl)cccc1Cl)C(=O)CN(c1ccc(OCC)cc1)S(=O)(=O)c1ccc(F)cc1. The molecule has 1 unspecified atom stereocenters. The van der Waals surface area contributed by atoms with Gasteiger partial charge in [-0.15, -0.1) is 0 Å². The first-order chi connectivity index (χ1) is 22.5. The predicted molar refractivity (Wildman–Crippen MR) is 183 cm³/mol. The summed E-state index contributed by atoms with van der Waals surface area (Å²) in [6.45, 7) is 3.63. The Morgan fingerprint density at radius 3 is 2.11 bits per heavy atom. The largest absolute Gasteiger partial charge is 0.494 e. The maximum absolute atomic E-state index is 14.5. The molecule has 248 valence electrons. The van der Waals surface area contributed by atoms with E-state index in [1.807, 2.05) is 44.2 Å². The minimum atomic E-state index is -4.41. The number of carbonyl (C=O) groups excluding carboxylic acids is 2.